The molecule has 23 heavy (non-hydrogen) atoms. The van der Waals surface area contributed by atoms with E-state index in [1.54, 1.807) is 30.3 Å². The molecular formula is C15H9Cl2N3O3. The minimum atomic E-state index is -0.454. The Balaban J connectivity index is 1.96. The number of nitro benzene ring substituents is 1. The van der Waals surface area contributed by atoms with E-state index in [1.165, 1.54) is 12.4 Å². The SMILES string of the molecule is O=[N+]([O-])c1ccccc1COc1ncnc2c(Cl)cc(Cl)cc12. The van der Waals surface area contributed by atoms with Crippen LogP contribution in [0.5, 0.6) is 5.88 Å². The number of rotatable bonds is 4. The molecule has 1 aromatic heterocycles. The first-order chi connectivity index (χ1) is 11.1. The Kier molecular flexibility index (Phi) is 4.27. The summed E-state index contributed by atoms with van der Waals surface area (Å²) < 4.78 is 5.63. The molecule has 0 amide bonds. The van der Waals surface area contributed by atoms with Crippen LogP contribution in [0.2, 0.25) is 10.0 Å². The average molecular weight is 350 g/mol. The van der Waals surface area contributed by atoms with Crippen molar-refractivity contribution in [3.8, 4) is 5.88 Å². The van der Waals surface area contributed by atoms with Crippen molar-refractivity contribution in [1.82, 2.24) is 9.97 Å². The summed E-state index contributed by atoms with van der Waals surface area (Å²) in [6, 6.07) is 9.56. The van der Waals surface area contributed by atoms with Gasteiger partial charge in [-0.25, -0.2) is 9.97 Å². The lowest BCUT2D eigenvalue weighted by Gasteiger charge is -2.09. The van der Waals surface area contributed by atoms with Crippen LogP contribution in [0.15, 0.2) is 42.7 Å². The quantitative estimate of drug-likeness (QED) is 0.514. The van der Waals surface area contributed by atoms with Crippen LogP contribution in [0.4, 0.5) is 5.69 Å². The number of aromatic nitrogens is 2. The van der Waals surface area contributed by atoms with Crippen LogP contribution in [-0.2, 0) is 6.61 Å². The monoisotopic (exact) mass is 349 g/mol. The fraction of sp³-hybridized carbons (Fsp3) is 0.0667. The first-order valence-electron chi connectivity index (χ1n) is 6.51. The first-order valence-corrected chi connectivity index (χ1v) is 7.26. The van der Waals surface area contributed by atoms with Gasteiger partial charge in [-0.3, -0.25) is 10.1 Å². The van der Waals surface area contributed by atoms with Gasteiger partial charge in [0.1, 0.15) is 12.9 Å². The maximum Gasteiger partial charge on any atom is 0.276 e. The van der Waals surface area contributed by atoms with Crippen molar-refractivity contribution < 1.29 is 9.66 Å². The first kappa shape index (κ1) is 15.5. The van der Waals surface area contributed by atoms with Crippen LogP contribution in [0, 0.1) is 10.1 Å². The smallest absolute Gasteiger partial charge is 0.276 e. The van der Waals surface area contributed by atoms with E-state index >= 15 is 0 Å². The van der Waals surface area contributed by atoms with Crippen molar-refractivity contribution in [3.05, 3.63) is 68.4 Å². The molecule has 1 heterocycles. The van der Waals surface area contributed by atoms with Gasteiger partial charge in [0, 0.05) is 11.1 Å². The molecule has 0 unspecified atom stereocenters. The second-order valence-corrected chi connectivity index (χ2v) is 5.48. The fourth-order valence-electron chi connectivity index (χ4n) is 2.14. The highest BCUT2D eigenvalue weighted by Crippen LogP contribution is 2.31. The highest BCUT2D eigenvalue weighted by molar-refractivity contribution is 6.38. The molecule has 3 rings (SSSR count). The van der Waals surface area contributed by atoms with Crippen LogP contribution in [0.1, 0.15) is 5.56 Å². The van der Waals surface area contributed by atoms with Gasteiger partial charge in [-0.1, -0.05) is 35.3 Å². The second kappa shape index (κ2) is 6.36. The highest BCUT2D eigenvalue weighted by atomic mass is 35.5. The molecule has 0 aliphatic rings. The van der Waals surface area contributed by atoms with E-state index in [0.717, 1.165) is 0 Å². The van der Waals surface area contributed by atoms with Crippen molar-refractivity contribution in [2.24, 2.45) is 0 Å². The van der Waals surface area contributed by atoms with E-state index in [1.807, 2.05) is 0 Å². The van der Waals surface area contributed by atoms with Crippen LogP contribution in [0.3, 0.4) is 0 Å². The number of halogens is 2. The molecule has 8 heteroatoms. The van der Waals surface area contributed by atoms with Crippen LogP contribution < -0.4 is 4.74 Å². The molecule has 3 aromatic rings. The number of para-hydroxylation sites is 1. The van der Waals surface area contributed by atoms with Crippen LogP contribution in [-0.4, -0.2) is 14.9 Å². The molecule has 0 atom stereocenters. The maximum absolute atomic E-state index is 11.0. The predicted molar refractivity (Wildman–Crippen MR) is 87.0 cm³/mol. The number of nitrogens with zero attached hydrogens (tertiary/aromatic N) is 3. The number of ether oxygens (including phenoxy) is 1. The van der Waals surface area contributed by atoms with E-state index in [4.69, 9.17) is 27.9 Å². The molecular weight excluding hydrogens is 341 g/mol. The van der Waals surface area contributed by atoms with E-state index in [2.05, 4.69) is 9.97 Å². The molecule has 0 saturated heterocycles. The summed E-state index contributed by atoms with van der Waals surface area (Å²) in [7, 11) is 0. The Morgan fingerprint density at radius 3 is 2.74 bits per heavy atom. The lowest BCUT2D eigenvalue weighted by molar-refractivity contribution is -0.385. The zero-order valence-electron chi connectivity index (χ0n) is 11.6. The Hall–Kier alpha value is -2.44. The van der Waals surface area contributed by atoms with Crippen molar-refractivity contribution in [1.29, 1.82) is 0 Å². The third kappa shape index (κ3) is 3.18. The lowest BCUT2D eigenvalue weighted by atomic mass is 10.2. The van der Waals surface area contributed by atoms with E-state index in [9.17, 15) is 10.1 Å². The molecule has 0 N–H and O–H groups in total. The van der Waals surface area contributed by atoms with Gasteiger partial charge >= 0.3 is 0 Å². The summed E-state index contributed by atoms with van der Waals surface area (Å²) in [5.74, 6) is 0.262. The molecule has 0 spiro atoms. The lowest BCUT2D eigenvalue weighted by Crippen LogP contribution is -2.02. The van der Waals surface area contributed by atoms with Crippen LogP contribution >= 0.6 is 23.2 Å². The van der Waals surface area contributed by atoms with E-state index < -0.39 is 4.92 Å². The molecule has 6 nitrogen and oxygen atoms in total. The Morgan fingerprint density at radius 1 is 1.17 bits per heavy atom. The molecule has 0 fully saturated rings. The molecule has 0 aliphatic heterocycles. The van der Waals surface area contributed by atoms with Gasteiger partial charge in [0.2, 0.25) is 5.88 Å². The summed E-state index contributed by atoms with van der Waals surface area (Å²) in [5, 5.41) is 12.4. The number of nitro groups is 1. The summed E-state index contributed by atoms with van der Waals surface area (Å²) in [5.41, 5.74) is 0.933. The van der Waals surface area contributed by atoms with Crippen molar-refractivity contribution in [3.63, 3.8) is 0 Å². The van der Waals surface area contributed by atoms with Crippen LogP contribution in [0.25, 0.3) is 10.9 Å². The van der Waals surface area contributed by atoms with Gasteiger partial charge in [0.15, 0.2) is 0 Å². The summed E-state index contributed by atoms with van der Waals surface area (Å²) >= 11 is 12.1. The topological polar surface area (TPSA) is 78.2 Å². The Morgan fingerprint density at radius 2 is 1.96 bits per heavy atom. The molecule has 0 radical (unpaired) electrons. The third-order valence-electron chi connectivity index (χ3n) is 3.17. The van der Waals surface area contributed by atoms with Crippen molar-refractivity contribution in [2.75, 3.05) is 0 Å². The summed E-state index contributed by atoms with van der Waals surface area (Å²) in [6.07, 6.45) is 1.32. The zero-order chi connectivity index (χ0) is 16.4. The molecule has 116 valence electrons. The maximum atomic E-state index is 11.0. The zero-order valence-corrected chi connectivity index (χ0v) is 13.1. The van der Waals surface area contributed by atoms with Gasteiger partial charge in [-0.05, 0) is 18.2 Å². The van der Waals surface area contributed by atoms with E-state index in [0.29, 0.717) is 26.5 Å². The molecule has 0 bridgehead atoms. The average Bonchev–Trinajstić information content (AvgIpc) is 2.53. The predicted octanol–water partition coefficient (Wildman–Crippen LogP) is 4.42. The van der Waals surface area contributed by atoms with E-state index in [-0.39, 0.29) is 18.2 Å². The van der Waals surface area contributed by atoms with Crippen molar-refractivity contribution in [2.45, 2.75) is 6.61 Å². The Bertz CT molecular complexity index is 902. The standard InChI is InChI=1S/C15H9Cl2N3O3/c16-10-5-11-14(12(17)6-10)18-8-19-15(11)23-7-9-3-1-2-4-13(9)20(21)22/h1-6,8H,7H2. The van der Waals surface area contributed by atoms with Gasteiger partial charge in [0.25, 0.3) is 5.69 Å². The number of hydrogen-bond acceptors (Lipinski definition) is 5. The summed E-state index contributed by atoms with van der Waals surface area (Å²) in [6.45, 7) is -0.00655. The number of hydrogen-bond donors (Lipinski definition) is 0. The van der Waals surface area contributed by atoms with Gasteiger partial charge in [0.05, 0.1) is 26.4 Å². The van der Waals surface area contributed by atoms with Gasteiger partial charge < -0.3 is 4.74 Å². The second-order valence-electron chi connectivity index (χ2n) is 4.64. The normalized spacial score (nSPS) is 10.7. The molecule has 2 aromatic carbocycles. The Labute approximate surface area is 140 Å². The fourth-order valence-corrected chi connectivity index (χ4v) is 2.68. The minimum Gasteiger partial charge on any atom is -0.472 e. The number of benzene rings is 2. The van der Waals surface area contributed by atoms with Gasteiger partial charge in [-0.2, -0.15) is 0 Å². The molecule has 0 saturated carbocycles. The number of fused-ring (bicyclic) bond motifs is 1. The third-order valence-corrected chi connectivity index (χ3v) is 3.68. The minimum absolute atomic E-state index is 0.00655. The van der Waals surface area contributed by atoms with Gasteiger partial charge in [-0.15, -0.1) is 0 Å². The largest absolute Gasteiger partial charge is 0.472 e. The van der Waals surface area contributed by atoms with Crippen molar-refractivity contribution >= 4 is 39.8 Å². The molecule has 0 aliphatic carbocycles. The highest BCUT2D eigenvalue weighted by Gasteiger charge is 2.15. The summed E-state index contributed by atoms with van der Waals surface area (Å²) in [4.78, 5) is 18.7.